The van der Waals surface area contributed by atoms with Crippen LogP contribution in [0.15, 0.2) is 48.7 Å². The van der Waals surface area contributed by atoms with Gasteiger partial charge in [-0.1, -0.05) is 30.3 Å². The molecule has 1 aromatic heterocycles. The van der Waals surface area contributed by atoms with Gasteiger partial charge in [0.2, 0.25) is 11.8 Å². The number of piperidine rings is 1. The first-order valence-corrected chi connectivity index (χ1v) is 11.3. The molecule has 0 aliphatic carbocycles. The fourth-order valence-electron chi connectivity index (χ4n) is 4.05. The molecule has 168 valence electrons. The monoisotopic (exact) mass is 471 g/mol. The number of anilines is 1. The molecule has 1 fully saturated rings. The molecule has 10 heteroatoms. The summed E-state index contributed by atoms with van der Waals surface area (Å²) < 4.78 is 0. The van der Waals surface area contributed by atoms with Crippen LogP contribution in [0.2, 0.25) is 0 Å². The van der Waals surface area contributed by atoms with E-state index in [4.69, 9.17) is 6.57 Å². The Morgan fingerprint density at radius 2 is 1.91 bits per heavy atom. The number of benzene rings is 2. The minimum Gasteiger partial charge on any atom is -0.379 e. The zero-order chi connectivity index (χ0) is 23.8. The first-order valence-electron chi connectivity index (χ1n) is 10.5. The molecule has 34 heavy (non-hydrogen) atoms. The van der Waals surface area contributed by atoms with Crippen LogP contribution >= 0.6 is 11.3 Å². The van der Waals surface area contributed by atoms with Crippen molar-refractivity contribution in [3.8, 4) is 10.6 Å². The third kappa shape index (κ3) is 3.72. The first-order chi connectivity index (χ1) is 16.5. The topological polar surface area (TPSA) is 113 Å². The van der Waals surface area contributed by atoms with Crippen LogP contribution in [0.5, 0.6) is 0 Å². The highest BCUT2D eigenvalue weighted by Gasteiger charge is 2.45. The third-order valence-electron chi connectivity index (χ3n) is 5.72. The molecular weight excluding hydrogens is 454 g/mol. The Hall–Kier alpha value is -4.36. The van der Waals surface area contributed by atoms with Crippen molar-refractivity contribution in [1.82, 2.24) is 15.2 Å². The van der Waals surface area contributed by atoms with E-state index in [2.05, 4.69) is 20.5 Å². The number of carbonyl (C=O) groups is 4. The molecule has 2 N–H and O–H groups in total. The van der Waals surface area contributed by atoms with Gasteiger partial charge in [0.15, 0.2) is 5.69 Å². The van der Waals surface area contributed by atoms with E-state index in [0.717, 1.165) is 20.3 Å². The maximum absolute atomic E-state index is 13.2. The maximum Gasteiger partial charge on any atom is 0.264 e. The molecule has 4 amide bonds. The minimum atomic E-state index is -1.00. The number of imide groups is 2. The average Bonchev–Trinajstić information content (AvgIpc) is 3.42. The van der Waals surface area contributed by atoms with Crippen molar-refractivity contribution in [2.45, 2.75) is 25.4 Å². The molecular formula is C24H17N5O4S. The van der Waals surface area contributed by atoms with Crippen molar-refractivity contribution in [1.29, 1.82) is 0 Å². The van der Waals surface area contributed by atoms with E-state index in [9.17, 15) is 19.2 Å². The zero-order valence-electron chi connectivity index (χ0n) is 17.7. The predicted molar refractivity (Wildman–Crippen MR) is 124 cm³/mol. The van der Waals surface area contributed by atoms with Crippen LogP contribution in [-0.2, 0) is 16.1 Å². The third-order valence-corrected chi connectivity index (χ3v) is 6.76. The number of hydrogen-bond acceptors (Lipinski definition) is 7. The number of carbonyl (C=O) groups excluding carboxylic acids is 4. The number of hydrogen-bond donors (Lipinski definition) is 2. The summed E-state index contributed by atoms with van der Waals surface area (Å²) in [6.45, 7) is 7.43. The van der Waals surface area contributed by atoms with Gasteiger partial charge in [0.1, 0.15) is 11.0 Å². The fourth-order valence-corrected chi connectivity index (χ4v) is 4.90. The predicted octanol–water partition coefficient (Wildman–Crippen LogP) is 3.37. The van der Waals surface area contributed by atoms with Gasteiger partial charge in [-0.2, -0.15) is 0 Å². The lowest BCUT2D eigenvalue weighted by Crippen LogP contribution is -2.54. The Labute approximate surface area is 198 Å². The maximum atomic E-state index is 13.2. The van der Waals surface area contributed by atoms with E-state index in [0.29, 0.717) is 17.9 Å². The summed E-state index contributed by atoms with van der Waals surface area (Å²) in [5, 5.41) is 6.22. The van der Waals surface area contributed by atoms with Gasteiger partial charge in [-0.25, -0.2) is 9.83 Å². The van der Waals surface area contributed by atoms with Crippen molar-refractivity contribution in [2.75, 3.05) is 5.32 Å². The lowest BCUT2D eigenvalue weighted by molar-refractivity contribution is -0.136. The molecule has 1 saturated heterocycles. The normalized spacial score (nSPS) is 17.4. The van der Waals surface area contributed by atoms with E-state index >= 15 is 0 Å². The number of fused-ring (bicyclic) bond motifs is 1. The number of nitrogens with one attached hydrogen (secondary N) is 2. The molecule has 2 aromatic carbocycles. The van der Waals surface area contributed by atoms with Crippen LogP contribution in [0.3, 0.4) is 0 Å². The Kier molecular flexibility index (Phi) is 5.39. The molecule has 2 aliphatic rings. The molecule has 3 aromatic rings. The number of aromatic nitrogens is 1. The van der Waals surface area contributed by atoms with Crippen molar-refractivity contribution < 1.29 is 19.2 Å². The van der Waals surface area contributed by atoms with Crippen LogP contribution in [0, 0.1) is 6.57 Å². The SMILES string of the molecule is [C-]#[N+]c1ccc(-c2ncc(CNc3cccc4c3C(=O)N(C3CCC(=O)NC3=O)C4=O)s2)cc1. The molecule has 5 rings (SSSR count). The molecule has 2 aliphatic heterocycles. The average molecular weight is 471 g/mol. The zero-order valence-corrected chi connectivity index (χ0v) is 18.5. The van der Waals surface area contributed by atoms with E-state index < -0.39 is 29.7 Å². The second-order valence-electron chi connectivity index (χ2n) is 7.82. The van der Waals surface area contributed by atoms with Crippen molar-refractivity contribution in [3.63, 3.8) is 0 Å². The second kappa shape index (κ2) is 8.53. The quantitative estimate of drug-likeness (QED) is 0.436. The summed E-state index contributed by atoms with van der Waals surface area (Å²) in [4.78, 5) is 59.6. The number of rotatable bonds is 5. The van der Waals surface area contributed by atoms with E-state index in [1.54, 1.807) is 36.5 Å². The first kappa shape index (κ1) is 21.5. The van der Waals surface area contributed by atoms with Crippen LogP contribution < -0.4 is 10.6 Å². The van der Waals surface area contributed by atoms with Crippen molar-refractivity contribution in [2.24, 2.45) is 0 Å². The molecule has 0 spiro atoms. The highest BCUT2D eigenvalue weighted by molar-refractivity contribution is 7.15. The van der Waals surface area contributed by atoms with Crippen LogP contribution in [-0.4, -0.2) is 39.6 Å². The highest BCUT2D eigenvalue weighted by atomic mass is 32.1. The summed E-state index contributed by atoms with van der Waals surface area (Å²) in [6.07, 6.45) is 1.92. The summed E-state index contributed by atoms with van der Waals surface area (Å²) in [6, 6.07) is 11.1. The van der Waals surface area contributed by atoms with Gasteiger partial charge >= 0.3 is 0 Å². The fraction of sp³-hybridized carbons (Fsp3) is 0.167. The lowest BCUT2D eigenvalue weighted by atomic mass is 10.0. The summed E-state index contributed by atoms with van der Waals surface area (Å²) in [5.41, 5.74) is 2.40. The lowest BCUT2D eigenvalue weighted by Gasteiger charge is -2.27. The van der Waals surface area contributed by atoms with Gasteiger partial charge in [0.25, 0.3) is 11.8 Å². The van der Waals surface area contributed by atoms with Crippen LogP contribution in [0.25, 0.3) is 15.4 Å². The van der Waals surface area contributed by atoms with Crippen molar-refractivity contribution >= 4 is 46.3 Å². The minimum absolute atomic E-state index is 0.0727. The number of thiazole rings is 1. The van der Waals surface area contributed by atoms with E-state index in [1.165, 1.54) is 11.3 Å². The number of amides is 4. The van der Waals surface area contributed by atoms with Gasteiger partial charge < -0.3 is 5.32 Å². The van der Waals surface area contributed by atoms with Crippen molar-refractivity contribution in [3.05, 3.63) is 76.1 Å². The van der Waals surface area contributed by atoms with Gasteiger partial charge in [-0.3, -0.25) is 29.4 Å². The Morgan fingerprint density at radius 1 is 1.12 bits per heavy atom. The molecule has 1 atom stereocenters. The van der Waals surface area contributed by atoms with E-state index in [-0.39, 0.29) is 24.0 Å². The standard InChI is InChI=1S/C24H17N5O4S/c1-25-14-7-5-13(6-8-14)22-27-12-15(34-22)11-26-17-4-2-3-16-20(17)24(33)29(23(16)32)18-9-10-19(30)28-21(18)31/h2-8,12,18,26H,9-11H2,(H,28,30,31). The van der Waals surface area contributed by atoms with Gasteiger partial charge in [0.05, 0.1) is 24.2 Å². The Bertz CT molecular complexity index is 1390. The van der Waals surface area contributed by atoms with Crippen LogP contribution in [0.1, 0.15) is 38.4 Å². The summed E-state index contributed by atoms with van der Waals surface area (Å²) in [7, 11) is 0. The van der Waals surface area contributed by atoms with Gasteiger partial charge in [-0.15, -0.1) is 11.3 Å². The Balaban J connectivity index is 1.34. The summed E-state index contributed by atoms with van der Waals surface area (Å²) >= 11 is 1.48. The van der Waals surface area contributed by atoms with Crippen LogP contribution in [0.4, 0.5) is 11.4 Å². The smallest absolute Gasteiger partial charge is 0.264 e. The number of nitrogens with zero attached hydrogens (tertiary/aromatic N) is 3. The molecule has 0 bridgehead atoms. The molecule has 1 unspecified atom stereocenters. The second-order valence-corrected chi connectivity index (χ2v) is 8.93. The van der Waals surface area contributed by atoms with Gasteiger partial charge in [0, 0.05) is 28.7 Å². The largest absolute Gasteiger partial charge is 0.379 e. The van der Waals surface area contributed by atoms with Gasteiger partial charge in [-0.05, 0) is 18.6 Å². The molecule has 3 heterocycles. The highest BCUT2D eigenvalue weighted by Crippen LogP contribution is 2.33. The molecule has 0 saturated carbocycles. The van der Waals surface area contributed by atoms with E-state index in [1.807, 2.05) is 12.1 Å². The molecule has 9 nitrogen and oxygen atoms in total. The summed E-state index contributed by atoms with van der Waals surface area (Å²) in [5.74, 6) is -2.14. The Morgan fingerprint density at radius 3 is 2.65 bits per heavy atom. The molecule has 0 radical (unpaired) electrons.